The number of carbonyl (C=O) groups is 2. The topological polar surface area (TPSA) is 69.6 Å². The number of nitrogens with zero attached hydrogens (tertiary/aromatic N) is 1. The minimum atomic E-state index is -5.06. The Bertz CT molecular complexity index is 277. The van der Waals surface area contributed by atoms with Crippen LogP contribution in [0.1, 0.15) is 6.92 Å². The van der Waals surface area contributed by atoms with Crippen LogP contribution in [0.4, 0.5) is 18.0 Å². The Morgan fingerprint density at radius 2 is 1.67 bits per heavy atom. The number of rotatable bonds is 2. The van der Waals surface area contributed by atoms with Gasteiger partial charge in [-0.1, -0.05) is 0 Å². The zero-order chi connectivity index (χ0) is 12.4. The predicted molar refractivity (Wildman–Crippen MR) is 44.3 cm³/mol. The Hall–Kier alpha value is -1.47. The lowest BCUT2D eigenvalue weighted by atomic mass is 10.0. The first-order chi connectivity index (χ1) is 6.52. The molecule has 0 bridgehead atoms. The van der Waals surface area contributed by atoms with E-state index >= 15 is 0 Å². The lowest BCUT2D eigenvalue weighted by Gasteiger charge is -2.29. The Labute approximate surface area is 83.9 Å². The minimum Gasteiger partial charge on any atom is -0.479 e. The molecule has 0 aliphatic rings. The molecule has 0 saturated heterocycles. The van der Waals surface area contributed by atoms with Crippen molar-refractivity contribution < 1.29 is 27.9 Å². The molecule has 0 aromatic rings. The second-order valence-corrected chi connectivity index (χ2v) is 3.25. The Morgan fingerprint density at radius 3 is 1.87 bits per heavy atom. The number of carboxylic acids is 1. The van der Waals surface area contributed by atoms with Crippen LogP contribution in [0.5, 0.6) is 0 Å². The molecule has 0 aliphatic carbocycles. The van der Waals surface area contributed by atoms with Gasteiger partial charge in [0.15, 0.2) is 0 Å². The highest BCUT2D eigenvalue weighted by Crippen LogP contribution is 2.30. The first-order valence-electron chi connectivity index (χ1n) is 3.82. The van der Waals surface area contributed by atoms with Gasteiger partial charge >= 0.3 is 18.2 Å². The van der Waals surface area contributed by atoms with Gasteiger partial charge in [0.2, 0.25) is 5.54 Å². The average molecular weight is 228 g/mol. The van der Waals surface area contributed by atoms with E-state index < -0.39 is 23.7 Å². The molecule has 0 saturated carbocycles. The summed E-state index contributed by atoms with van der Waals surface area (Å²) in [6.07, 6.45) is -5.06. The van der Waals surface area contributed by atoms with E-state index in [1.54, 1.807) is 0 Å². The standard InChI is InChI=1S/C7H11F3N2O3/c1-6(4(13)14,7(8,9)10)11-5(15)12(2)3/h1-3H3,(H,11,15)(H,13,14). The first-order valence-corrected chi connectivity index (χ1v) is 3.82. The fourth-order valence-electron chi connectivity index (χ4n) is 0.571. The van der Waals surface area contributed by atoms with Crippen LogP contribution in [-0.4, -0.2) is 47.8 Å². The second kappa shape index (κ2) is 3.95. The molecule has 0 fully saturated rings. The Kier molecular flexibility index (Phi) is 3.56. The summed E-state index contributed by atoms with van der Waals surface area (Å²) in [5.41, 5.74) is -3.28. The molecule has 0 heterocycles. The SMILES string of the molecule is CN(C)C(=O)NC(C)(C(=O)O)C(F)(F)F. The van der Waals surface area contributed by atoms with Crippen LogP contribution in [0.2, 0.25) is 0 Å². The van der Waals surface area contributed by atoms with Crippen molar-refractivity contribution in [2.75, 3.05) is 14.1 Å². The molecule has 88 valence electrons. The molecular formula is C7H11F3N2O3. The average Bonchev–Trinajstić information content (AvgIpc) is 2.01. The monoisotopic (exact) mass is 228 g/mol. The normalized spacial score (nSPS) is 15.3. The minimum absolute atomic E-state index is 0.386. The third-order valence-electron chi connectivity index (χ3n) is 1.76. The van der Waals surface area contributed by atoms with Gasteiger partial charge in [0, 0.05) is 14.1 Å². The van der Waals surface area contributed by atoms with Crippen molar-refractivity contribution in [1.82, 2.24) is 10.2 Å². The maximum absolute atomic E-state index is 12.4. The van der Waals surface area contributed by atoms with Crippen molar-refractivity contribution in [3.63, 3.8) is 0 Å². The molecular weight excluding hydrogens is 217 g/mol. The zero-order valence-electron chi connectivity index (χ0n) is 8.34. The van der Waals surface area contributed by atoms with E-state index in [9.17, 15) is 22.8 Å². The number of hydrogen-bond donors (Lipinski definition) is 2. The van der Waals surface area contributed by atoms with E-state index in [1.807, 2.05) is 0 Å². The largest absolute Gasteiger partial charge is 0.479 e. The molecule has 2 N–H and O–H groups in total. The van der Waals surface area contributed by atoms with Crippen LogP contribution >= 0.6 is 0 Å². The number of urea groups is 1. The van der Waals surface area contributed by atoms with E-state index in [2.05, 4.69) is 0 Å². The van der Waals surface area contributed by atoms with Gasteiger partial charge in [0.05, 0.1) is 0 Å². The second-order valence-electron chi connectivity index (χ2n) is 3.25. The van der Waals surface area contributed by atoms with Crippen molar-refractivity contribution in [2.45, 2.75) is 18.6 Å². The Morgan fingerprint density at radius 1 is 1.27 bits per heavy atom. The number of aliphatic carboxylic acids is 1. The lowest BCUT2D eigenvalue weighted by Crippen LogP contribution is -2.63. The molecule has 0 aliphatic heterocycles. The van der Waals surface area contributed by atoms with Gasteiger partial charge in [-0.2, -0.15) is 13.2 Å². The van der Waals surface area contributed by atoms with E-state index in [0.717, 1.165) is 4.90 Å². The van der Waals surface area contributed by atoms with E-state index in [4.69, 9.17) is 5.11 Å². The predicted octanol–water partition coefficient (Wildman–Crippen LogP) is 0.663. The number of alkyl halides is 3. The van der Waals surface area contributed by atoms with E-state index in [0.29, 0.717) is 6.92 Å². The third kappa shape index (κ3) is 2.74. The number of amides is 2. The molecule has 1 unspecified atom stereocenters. The molecule has 15 heavy (non-hydrogen) atoms. The van der Waals surface area contributed by atoms with E-state index in [-0.39, 0.29) is 0 Å². The van der Waals surface area contributed by atoms with Crippen LogP contribution in [0.15, 0.2) is 0 Å². The number of halogens is 3. The maximum Gasteiger partial charge on any atom is 0.422 e. The number of nitrogens with one attached hydrogen (secondary N) is 1. The van der Waals surface area contributed by atoms with Gasteiger partial charge < -0.3 is 15.3 Å². The zero-order valence-corrected chi connectivity index (χ0v) is 8.34. The molecule has 0 rings (SSSR count). The molecule has 0 radical (unpaired) electrons. The first kappa shape index (κ1) is 13.5. The molecule has 0 aromatic carbocycles. The summed E-state index contributed by atoms with van der Waals surface area (Å²) in [6.45, 7) is 0.386. The van der Waals surface area contributed by atoms with Crippen LogP contribution in [0, 0.1) is 0 Å². The molecule has 5 nitrogen and oxygen atoms in total. The van der Waals surface area contributed by atoms with Crippen LogP contribution in [0.25, 0.3) is 0 Å². The van der Waals surface area contributed by atoms with Crippen LogP contribution in [-0.2, 0) is 4.79 Å². The summed E-state index contributed by atoms with van der Waals surface area (Å²) in [4.78, 5) is 22.2. The molecule has 0 spiro atoms. The highest BCUT2D eigenvalue weighted by molar-refractivity contribution is 5.86. The summed E-state index contributed by atoms with van der Waals surface area (Å²) in [6, 6.07) is -1.13. The fraction of sp³-hybridized carbons (Fsp3) is 0.714. The van der Waals surface area contributed by atoms with Gasteiger partial charge in [-0.15, -0.1) is 0 Å². The Balaban J connectivity index is 5.01. The highest BCUT2D eigenvalue weighted by Gasteiger charge is 2.58. The molecule has 0 aromatic heterocycles. The van der Waals surface area contributed by atoms with Crippen molar-refractivity contribution in [3.05, 3.63) is 0 Å². The third-order valence-corrected chi connectivity index (χ3v) is 1.76. The van der Waals surface area contributed by atoms with Gasteiger partial charge in [-0.25, -0.2) is 9.59 Å². The lowest BCUT2D eigenvalue weighted by molar-refractivity contribution is -0.203. The smallest absolute Gasteiger partial charge is 0.422 e. The van der Waals surface area contributed by atoms with Gasteiger partial charge in [0.1, 0.15) is 0 Å². The molecule has 8 heteroatoms. The fourth-order valence-corrected chi connectivity index (χ4v) is 0.571. The quantitative estimate of drug-likeness (QED) is 0.729. The van der Waals surface area contributed by atoms with Crippen molar-refractivity contribution >= 4 is 12.0 Å². The van der Waals surface area contributed by atoms with Crippen LogP contribution < -0.4 is 5.32 Å². The van der Waals surface area contributed by atoms with Crippen LogP contribution in [0.3, 0.4) is 0 Å². The van der Waals surface area contributed by atoms with Crippen molar-refractivity contribution in [1.29, 1.82) is 0 Å². The summed E-state index contributed by atoms with van der Waals surface area (Å²) in [5.74, 6) is -2.16. The van der Waals surface area contributed by atoms with E-state index in [1.165, 1.54) is 19.4 Å². The maximum atomic E-state index is 12.4. The van der Waals surface area contributed by atoms with Gasteiger partial charge in [-0.3, -0.25) is 0 Å². The summed E-state index contributed by atoms with van der Waals surface area (Å²) < 4.78 is 37.1. The van der Waals surface area contributed by atoms with Crippen molar-refractivity contribution in [3.8, 4) is 0 Å². The highest BCUT2D eigenvalue weighted by atomic mass is 19.4. The summed E-state index contributed by atoms with van der Waals surface area (Å²) in [7, 11) is 2.40. The van der Waals surface area contributed by atoms with Gasteiger partial charge in [-0.05, 0) is 6.92 Å². The molecule has 1 atom stereocenters. The summed E-state index contributed by atoms with van der Waals surface area (Å²) >= 11 is 0. The van der Waals surface area contributed by atoms with Gasteiger partial charge in [0.25, 0.3) is 0 Å². The number of carbonyl (C=O) groups excluding carboxylic acids is 1. The summed E-state index contributed by atoms with van der Waals surface area (Å²) in [5, 5.41) is 9.84. The molecule has 2 amide bonds. The van der Waals surface area contributed by atoms with Crippen molar-refractivity contribution in [2.24, 2.45) is 0 Å². The number of hydrogen-bond acceptors (Lipinski definition) is 2. The number of carboxylic acid groups (broad SMARTS) is 1.